The summed E-state index contributed by atoms with van der Waals surface area (Å²) < 4.78 is 12.8. The van der Waals surface area contributed by atoms with Crippen LogP contribution >= 0.6 is 0 Å². The molecule has 0 saturated carbocycles. The predicted molar refractivity (Wildman–Crippen MR) is 63.7 cm³/mol. The van der Waals surface area contributed by atoms with Gasteiger partial charge >= 0.3 is 0 Å². The Morgan fingerprint density at radius 2 is 1.75 bits per heavy atom. The van der Waals surface area contributed by atoms with Crippen LogP contribution in [0.1, 0.15) is 19.4 Å². The van der Waals surface area contributed by atoms with Crippen LogP contribution in [0.2, 0.25) is 0 Å². The summed E-state index contributed by atoms with van der Waals surface area (Å²) in [4.78, 5) is 2.42. The molecule has 1 aliphatic heterocycles. The first-order chi connectivity index (χ1) is 7.63. The summed E-state index contributed by atoms with van der Waals surface area (Å²) in [7, 11) is 0. The van der Waals surface area contributed by atoms with E-state index in [0.29, 0.717) is 12.1 Å². The van der Waals surface area contributed by atoms with Crippen molar-refractivity contribution in [2.24, 2.45) is 0 Å². The van der Waals surface area contributed by atoms with Crippen LogP contribution in [0.3, 0.4) is 0 Å². The molecule has 0 bridgehead atoms. The molecule has 0 radical (unpaired) electrons. The quantitative estimate of drug-likeness (QED) is 0.823. The number of nitrogens with zero attached hydrogens (tertiary/aromatic N) is 1. The maximum Gasteiger partial charge on any atom is 0.123 e. The number of rotatable bonds is 2. The second kappa shape index (κ2) is 4.93. The van der Waals surface area contributed by atoms with Gasteiger partial charge in [0, 0.05) is 31.7 Å². The van der Waals surface area contributed by atoms with E-state index >= 15 is 0 Å². The van der Waals surface area contributed by atoms with Crippen molar-refractivity contribution in [2.75, 3.05) is 13.1 Å². The minimum Gasteiger partial charge on any atom is -0.309 e. The minimum atomic E-state index is -0.161. The van der Waals surface area contributed by atoms with E-state index < -0.39 is 0 Å². The molecule has 2 unspecified atom stereocenters. The van der Waals surface area contributed by atoms with Gasteiger partial charge in [0.25, 0.3) is 0 Å². The Hall–Kier alpha value is -0.930. The zero-order valence-corrected chi connectivity index (χ0v) is 9.91. The highest BCUT2D eigenvalue weighted by Crippen LogP contribution is 2.10. The molecule has 2 rings (SSSR count). The first kappa shape index (κ1) is 11.6. The third-order valence-corrected chi connectivity index (χ3v) is 2.95. The lowest BCUT2D eigenvalue weighted by Crippen LogP contribution is -2.53. The van der Waals surface area contributed by atoms with Crippen LogP contribution in [0.5, 0.6) is 0 Å². The molecular weight excluding hydrogens is 203 g/mol. The molecule has 1 aromatic carbocycles. The zero-order chi connectivity index (χ0) is 11.5. The predicted octanol–water partition coefficient (Wildman–Crippen LogP) is 2.01. The number of hydrogen-bond donors (Lipinski definition) is 1. The van der Waals surface area contributed by atoms with E-state index in [4.69, 9.17) is 0 Å². The molecule has 0 aliphatic carbocycles. The average Bonchev–Trinajstić information content (AvgIpc) is 2.20. The smallest absolute Gasteiger partial charge is 0.123 e. The summed E-state index contributed by atoms with van der Waals surface area (Å²) in [5.41, 5.74) is 1.18. The van der Waals surface area contributed by atoms with Gasteiger partial charge in [-0.2, -0.15) is 0 Å². The summed E-state index contributed by atoms with van der Waals surface area (Å²) in [6.07, 6.45) is 0. The highest BCUT2D eigenvalue weighted by molar-refractivity contribution is 5.16. The molecule has 1 N–H and O–H groups in total. The largest absolute Gasteiger partial charge is 0.309 e. The van der Waals surface area contributed by atoms with Gasteiger partial charge in [0.05, 0.1) is 0 Å². The van der Waals surface area contributed by atoms with E-state index in [1.807, 2.05) is 12.1 Å². The summed E-state index contributed by atoms with van der Waals surface area (Å²) in [5.74, 6) is -0.161. The van der Waals surface area contributed by atoms with Crippen LogP contribution in [-0.2, 0) is 6.54 Å². The topological polar surface area (TPSA) is 15.3 Å². The maximum atomic E-state index is 12.8. The van der Waals surface area contributed by atoms with Crippen LogP contribution in [0, 0.1) is 5.82 Å². The third-order valence-electron chi connectivity index (χ3n) is 2.95. The molecule has 1 aliphatic rings. The molecule has 0 amide bonds. The van der Waals surface area contributed by atoms with E-state index in [9.17, 15) is 4.39 Å². The zero-order valence-electron chi connectivity index (χ0n) is 9.91. The highest BCUT2D eigenvalue weighted by atomic mass is 19.1. The summed E-state index contributed by atoms with van der Waals surface area (Å²) >= 11 is 0. The number of benzene rings is 1. The maximum absolute atomic E-state index is 12.8. The Morgan fingerprint density at radius 1 is 1.19 bits per heavy atom. The molecule has 16 heavy (non-hydrogen) atoms. The van der Waals surface area contributed by atoms with Crippen molar-refractivity contribution in [3.8, 4) is 0 Å². The van der Waals surface area contributed by atoms with Crippen molar-refractivity contribution in [2.45, 2.75) is 32.5 Å². The lowest BCUT2D eigenvalue weighted by atomic mass is 10.1. The molecule has 0 spiro atoms. The number of piperazine rings is 1. The fraction of sp³-hybridized carbons (Fsp3) is 0.538. The van der Waals surface area contributed by atoms with Crippen LogP contribution in [0.4, 0.5) is 4.39 Å². The number of hydrogen-bond acceptors (Lipinski definition) is 2. The molecule has 2 nitrogen and oxygen atoms in total. The SMILES string of the molecule is CC1CN(Cc2ccc(F)cc2)CC(C)N1. The van der Waals surface area contributed by atoms with Gasteiger partial charge in [-0.05, 0) is 31.5 Å². The van der Waals surface area contributed by atoms with Crippen molar-refractivity contribution < 1.29 is 4.39 Å². The Morgan fingerprint density at radius 3 is 2.31 bits per heavy atom. The standard InChI is InChI=1S/C13H19FN2/c1-10-7-16(8-11(2)15-10)9-12-3-5-13(14)6-4-12/h3-6,10-11,15H,7-9H2,1-2H3. The molecule has 1 saturated heterocycles. The van der Waals surface area contributed by atoms with Gasteiger partial charge < -0.3 is 5.32 Å². The van der Waals surface area contributed by atoms with Crippen LogP contribution < -0.4 is 5.32 Å². The van der Waals surface area contributed by atoms with Crippen LogP contribution in [0.25, 0.3) is 0 Å². The Kier molecular flexibility index (Phi) is 3.56. The molecule has 0 aromatic heterocycles. The second-order valence-corrected chi connectivity index (χ2v) is 4.79. The minimum absolute atomic E-state index is 0.161. The van der Waals surface area contributed by atoms with Crippen molar-refractivity contribution in [3.63, 3.8) is 0 Å². The fourth-order valence-electron chi connectivity index (χ4n) is 2.42. The van der Waals surface area contributed by atoms with Crippen molar-refractivity contribution >= 4 is 0 Å². The van der Waals surface area contributed by atoms with E-state index in [1.165, 1.54) is 17.7 Å². The molecule has 1 aromatic rings. The summed E-state index contributed by atoms with van der Waals surface area (Å²) in [6.45, 7) is 7.43. The molecule has 1 fully saturated rings. The van der Waals surface area contributed by atoms with Gasteiger partial charge in [-0.15, -0.1) is 0 Å². The lowest BCUT2D eigenvalue weighted by molar-refractivity contribution is 0.166. The Labute approximate surface area is 96.5 Å². The second-order valence-electron chi connectivity index (χ2n) is 4.79. The van der Waals surface area contributed by atoms with Crippen LogP contribution in [-0.4, -0.2) is 30.1 Å². The van der Waals surface area contributed by atoms with Gasteiger partial charge in [-0.3, -0.25) is 4.90 Å². The monoisotopic (exact) mass is 222 g/mol. The van der Waals surface area contributed by atoms with E-state index in [1.54, 1.807) is 0 Å². The van der Waals surface area contributed by atoms with Gasteiger partial charge in [0.15, 0.2) is 0 Å². The Bertz CT molecular complexity index is 326. The van der Waals surface area contributed by atoms with E-state index in [-0.39, 0.29) is 5.82 Å². The molecule has 1 heterocycles. The van der Waals surface area contributed by atoms with E-state index in [2.05, 4.69) is 24.1 Å². The van der Waals surface area contributed by atoms with E-state index in [0.717, 1.165) is 19.6 Å². The van der Waals surface area contributed by atoms with Gasteiger partial charge in [0.2, 0.25) is 0 Å². The fourth-order valence-corrected chi connectivity index (χ4v) is 2.42. The summed E-state index contributed by atoms with van der Waals surface area (Å²) in [6, 6.07) is 7.86. The number of nitrogens with one attached hydrogen (secondary N) is 1. The molecule has 2 atom stereocenters. The normalized spacial score (nSPS) is 26.9. The first-order valence-corrected chi connectivity index (χ1v) is 5.86. The Balaban J connectivity index is 1.96. The molecular formula is C13H19FN2. The molecule has 3 heteroatoms. The average molecular weight is 222 g/mol. The van der Waals surface area contributed by atoms with Gasteiger partial charge in [-0.25, -0.2) is 4.39 Å². The van der Waals surface area contributed by atoms with Gasteiger partial charge in [0.1, 0.15) is 5.82 Å². The third kappa shape index (κ3) is 3.03. The van der Waals surface area contributed by atoms with Crippen molar-refractivity contribution in [1.82, 2.24) is 10.2 Å². The summed E-state index contributed by atoms with van der Waals surface area (Å²) in [5, 5.41) is 3.50. The van der Waals surface area contributed by atoms with Crippen molar-refractivity contribution in [3.05, 3.63) is 35.6 Å². The first-order valence-electron chi connectivity index (χ1n) is 5.86. The van der Waals surface area contributed by atoms with Crippen molar-refractivity contribution in [1.29, 1.82) is 0 Å². The van der Waals surface area contributed by atoms with Crippen LogP contribution in [0.15, 0.2) is 24.3 Å². The van der Waals surface area contributed by atoms with Gasteiger partial charge in [-0.1, -0.05) is 12.1 Å². The highest BCUT2D eigenvalue weighted by Gasteiger charge is 2.20. The molecule has 88 valence electrons. The lowest BCUT2D eigenvalue weighted by Gasteiger charge is -2.36. The number of halogens is 1.